The van der Waals surface area contributed by atoms with Crippen LogP contribution in [0.1, 0.15) is 35.9 Å². The Kier molecular flexibility index (Phi) is 5.81. The number of piperidine rings is 1. The number of ether oxygens (including phenoxy) is 2. The van der Waals surface area contributed by atoms with Crippen LogP contribution in [0.2, 0.25) is 0 Å². The molecule has 1 saturated heterocycles. The lowest BCUT2D eigenvalue weighted by Crippen LogP contribution is -2.37. The Morgan fingerprint density at radius 3 is 2.83 bits per heavy atom. The van der Waals surface area contributed by atoms with Crippen LogP contribution >= 0.6 is 11.3 Å². The van der Waals surface area contributed by atoms with Gasteiger partial charge in [-0.05, 0) is 55.7 Å². The molecule has 1 amide bonds. The van der Waals surface area contributed by atoms with Crippen molar-refractivity contribution in [3.05, 3.63) is 59.1 Å². The van der Waals surface area contributed by atoms with Crippen LogP contribution in [0.5, 0.6) is 11.5 Å². The lowest BCUT2D eigenvalue weighted by molar-refractivity contribution is -0.129. The molecule has 29 heavy (non-hydrogen) atoms. The van der Waals surface area contributed by atoms with Gasteiger partial charge in [0.2, 0.25) is 5.91 Å². The van der Waals surface area contributed by atoms with Gasteiger partial charge in [-0.2, -0.15) is 0 Å². The Hall–Kier alpha value is -2.86. The van der Waals surface area contributed by atoms with E-state index < -0.39 is 0 Å². The quantitative estimate of drug-likeness (QED) is 0.553. The Labute approximate surface area is 174 Å². The molecule has 0 aliphatic carbocycles. The topological polar surface area (TPSA) is 51.7 Å². The number of benzene rings is 2. The van der Waals surface area contributed by atoms with Crippen molar-refractivity contribution in [1.29, 1.82) is 0 Å². The molecule has 6 heteroatoms. The molecular weight excluding hydrogens is 384 g/mol. The van der Waals surface area contributed by atoms with E-state index in [0.717, 1.165) is 52.3 Å². The average molecular weight is 409 g/mol. The summed E-state index contributed by atoms with van der Waals surface area (Å²) >= 11 is 1.68. The highest BCUT2D eigenvalue weighted by Gasteiger charge is 2.29. The number of nitrogens with zero attached hydrogens (tertiary/aromatic N) is 2. The van der Waals surface area contributed by atoms with Crippen molar-refractivity contribution < 1.29 is 14.3 Å². The molecule has 4 rings (SSSR count). The number of aromatic nitrogens is 1. The zero-order valence-electron chi connectivity index (χ0n) is 16.6. The lowest BCUT2D eigenvalue weighted by Gasteiger charge is -2.33. The first-order valence-electron chi connectivity index (χ1n) is 9.76. The van der Waals surface area contributed by atoms with E-state index in [1.807, 2.05) is 41.3 Å². The molecule has 2 heterocycles. The Morgan fingerprint density at radius 2 is 2.03 bits per heavy atom. The minimum atomic E-state index is -0.00108. The Balaban J connectivity index is 1.58. The van der Waals surface area contributed by atoms with Crippen molar-refractivity contribution in [3.63, 3.8) is 0 Å². The third kappa shape index (κ3) is 4.12. The fourth-order valence-corrected chi connectivity index (χ4v) is 4.83. The zero-order chi connectivity index (χ0) is 20.2. The summed E-state index contributed by atoms with van der Waals surface area (Å²) in [6, 6.07) is 13.7. The summed E-state index contributed by atoms with van der Waals surface area (Å²) in [6.07, 6.45) is 6.50. The minimum Gasteiger partial charge on any atom is -0.497 e. The molecule has 0 saturated carbocycles. The Morgan fingerprint density at radius 1 is 1.17 bits per heavy atom. The van der Waals surface area contributed by atoms with E-state index in [9.17, 15) is 4.79 Å². The maximum absolute atomic E-state index is 13.1. The monoisotopic (exact) mass is 408 g/mol. The van der Waals surface area contributed by atoms with Gasteiger partial charge >= 0.3 is 0 Å². The second-order valence-electron chi connectivity index (χ2n) is 7.00. The number of rotatable bonds is 5. The summed E-state index contributed by atoms with van der Waals surface area (Å²) in [5.41, 5.74) is 1.82. The second-order valence-corrected chi connectivity index (χ2v) is 8.07. The summed E-state index contributed by atoms with van der Waals surface area (Å²) in [7, 11) is 3.24. The van der Waals surface area contributed by atoms with Crippen LogP contribution < -0.4 is 9.47 Å². The van der Waals surface area contributed by atoms with Crippen molar-refractivity contribution in [1.82, 2.24) is 9.88 Å². The molecule has 0 radical (unpaired) electrons. The van der Waals surface area contributed by atoms with E-state index in [-0.39, 0.29) is 11.9 Å². The predicted octanol–water partition coefficient (Wildman–Crippen LogP) is 5.08. The maximum atomic E-state index is 13.1. The highest BCUT2D eigenvalue weighted by molar-refractivity contribution is 7.18. The van der Waals surface area contributed by atoms with Crippen molar-refractivity contribution in [2.24, 2.45) is 0 Å². The zero-order valence-corrected chi connectivity index (χ0v) is 17.4. The van der Waals surface area contributed by atoms with Crippen molar-refractivity contribution in [3.8, 4) is 11.5 Å². The molecule has 0 N–H and O–H groups in total. The van der Waals surface area contributed by atoms with Crippen LogP contribution in [0.25, 0.3) is 16.3 Å². The van der Waals surface area contributed by atoms with Crippen LogP contribution in [-0.2, 0) is 4.79 Å². The molecule has 1 atom stereocenters. The van der Waals surface area contributed by atoms with Gasteiger partial charge in [0.1, 0.15) is 16.5 Å². The molecule has 3 aromatic rings. The fourth-order valence-electron chi connectivity index (χ4n) is 3.71. The highest BCUT2D eigenvalue weighted by Crippen LogP contribution is 2.36. The number of hydrogen-bond acceptors (Lipinski definition) is 5. The van der Waals surface area contributed by atoms with Crippen molar-refractivity contribution in [2.75, 3.05) is 20.8 Å². The highest BCUT2D eigenvalue weighted by atomic mass is 32.1. The second kappa shape index (κ2) is 8.66. The van der Waals surface area contributed by atoms with Gasteiger partial charge in [-0.3, -0.25) is 4.79 Å². The molecule has 1 aliphatic heterocycles. The Bertz CT molecular complexity index is 1010. The van der Waals surface area contributed by atoms with Crippen molar-refractivity contribution >= 4 is 33.5 Å². The molecule has 1 aliphatic rings. The summed E-state index contributed by atoms with van der Waals surface area (Å²) in [5.74, 6) is 1.43. The summed E-state index contributed by atoms with van der Waals surface area (Å²) in [4.78, 5) is 19.8. The first-order valence-corrected chi connectivity index (χ1v) is 10.6. The van der Waals surface area contributed by atoms with Gasteiger partial charge in [0.05, 0.1) is 30.5 Å². The van der Waals surface area contributed by atoms with Gasteiger partial charge in [-0.15, -0.1) is 11.3 Å². The molecule has 2 aromatic carbocycles. The summed E-state index contributed by atoms with van der Waals surface area (Å²) in [5, 5.41) is 1.02. The van der Waals surface area contributed by atoms with Crippen LogP contribution in [0.15, 0.2) is 48.5 Å². The number of hydrogen-bond donors (Lipinski definition) is 0. The number of likely N-dealkylation sites (tertiary alicyclic amines) is 1. The minimum absolute atomic E-state index is 0.00108. The molecule has 0 spiro atoms. The fraction of sp³-hybridized carbons (Fsp3) is 0.304. The van der Waals surface area contributed by atoms with Crippen LogP contribution in [-0.4, -0.2) is 36.6 Å². The van der Waals surface area contributed by atoms with Gasteiger partial charge in [0, 0.05) is 18.2 Å². The normalized spacial score (nSPS) is 17.0. The van der Waals surface area contributed by atoms with Gasteiger partial charge < -0.3 is 14.4 Å². The van der Waals surface area contributed by atoms with Gasteiger partial charge in [-0.25, -0.2) is 4.98 Å². The van der Waals surface area contributed by atoms with Gasteiger partial charge in [0.25, 0.3) is 0 Å². The number of methoxy groups -OCH3 is 2. The molecule has 150 valence electrons. The van der Waals surface area contributed by atoms with Gasteiger partial charge in [0.15, 0.2) is 0 Å². The van der Waals surface area contributed by atoms with Crippen molar-refractivity contribution in [2.45, 2.75) is 25.3 Å². The van der Waals surface area contributed by atoms with Gasteiger partial charge in [-0.1, -0.05) is 12.1 Å². The van der Waals surface area contributed by atoms with E-state index >= 15 is 0 Å². The largest absolute Gasteiger partial charge is 0.497 e. The lowest BCUT2D eigenvalue weighted by atomic mass is 10.0. The smallest absolute Gasteiger partial charge is 0.247 e. The summed E-state index contributed by atoms with van der Waals surface area (Å²) in [6.45, 7) is 0.749. The third-order valence-electron chi connectivity index (χ3n) is 5.22. The number of amides is 1. The van der Waals surface area contributed by atoms with E-state index in [1.54, 1.807) is 37.7 Å². The van der Waals surface area contributed by atoms with Crippen LogP contribution in [0.3, 0.4) is 0 Å². The number of carbonyl (C=O) groups is 1. The maximum Gasteiger partial charge on any atom is 0.247 e. The predicted molar refractivity (Wildman–Crippen MR) is 117 cm³/mol. The molecule has 1 unspecified atom stereocenters. The first kappa shape index (κ1) is 19.5. The molecule has 5 nitrogen and oxygen atoms in total. The number of thiazole rings is 1. The van der Waals surface area contributed by atoms with E-state index in [1.165, 1.54) is 0 Å². The number of carbonyl (C=O) groups excluding carboxylic acids is 1. The van der Waals surface area contributed by atoms with E-state index in [2.05, 4.69) is 6.07 Å². The number of fused-ring (bicyclic) bond motifs is 1. The SMILES string of the molecule is COc1ccc(OC)c(/C=C/C(=O)N2CCCCC2c2nc3ccccc3s2)c1. The van der Waals surface area contributed by atoms with E-state index in [4.69, 9.17) is 14.5 Å². The first-order chi connectivity index (χ1) is 14.2. The average Bonchev–Trinajstić information content (AvgIpc) is 3.21. The van der Waals surface area contributed by atoms with Crippen LogP contribution in [0, 0.1) is 0 Å². The molecular formula is C23H24N2O3S. The standard InChI is InChI=1S/C23H24N2O3S/c1-27-17-11-12-20(28-2)16(15-17)10-13-22(26)25-14-6-5-8-19(25)23-24-18-7-3-4-9-21(18)29-23/h3-4,7,9-13,15,19H,5-6,8,14H2,1-2H3/b13-10+. The third-order valence-corrected chi connectivity index (χ3v) is 6.36. The number of para-hydroxylation sites is 1. The molecule has 0 bridgehead atoms. The molecule has 1 aromatic heterocycles. The summed E-state index contributed by atoms with van der Waals surface area (Å²) < 4.78 is 11.9. The van der Waals surface area contributed by atoms with Crippen LogP contribution in [0.4, 0.5) is 0 Å². The molecule has 1 fully saturated rings. The van der Waals surface area contributed by atoms with E-state index in [0.29, 0.717) is 5.75 Å².